The summed E-state index contributed by atoms with van der Waals surface area (Å²) in [5.41, 5.74) is 0. The van der Waals surface area contributed by atoms with Crippen LogP contribution >= 0.6 is 0 Å². The number of aliphatic hydroxyl groups excluding tert-OH is 2. The molecule has 0 radical (unpaired) electrons. The molecule has 4 atom stereocenters. The van der Waals surface area contributed by atoms with Crippen molar-refractivity contribution in [2.45, 2.75) is 100 Å². The lowest BCUT2D eigenvalue weighted by Gasteiger charge is -2.34. The summed E-state index contributed by atoms with van der Waals surface area (Å²) in [7, 11) is 0. The molecule has 0 aromatic heterocycles. The van der Waals surface area contributed by atoms with Crippen LogP contribution in [0.2, 0.25) is 0 Å². The molecule has 4 rings (SSSR count). The standard InChI is InChI=1S/C18H30O6/c19-15(13-11-21-17(23-13)7-3-1-4-8-17)16(20)14-12-22-18(24-14)9-5-2-6-10-18/h13-16,19-20H,1-12H2/t13?,14?,15-,16-/m1/s1. The van der Waals surface area contributed by atoms with Gasteiger partial charge in [-0.15, -0.1) is 0 Å². The van der Waals surface area contributed by atoms with Gasteiger partial charge in [-0.05, 0) is 25.7 Å². The van der Waals surface area contributed by atoms with Crippen LogP contribution in [0.3, 0.4) is 0 Å². The van der Waals surface area contributed by atoms with Gasteiger partial charge in [0.25, 0.3) is 0 Å². The SMILES string of the molecule is O[C@H](C1COC2(CCCCC2)O1)[C@H](O)C1COC2(CCCCC2)O1. The fraction of sp³-hybridized carbons (Fsp3) is 1.00. The Hall–Kier alpha value is -0.240. The molecule has 0 aromatic carbocycles. The lowest BCUT2D eigenvalue weighted by atomic mass is 9.94. The highest BCUT2D eigenvalue weighted by molar-refractivity contribution is 4.93. The number of hydrogen-bond acceptors (Lipinski definition) is 6. The molecule has 6 nitrogen and oxygen atoms in total. The van der Waals surface area contributed by atoms with Crippen molar-refractivity contribution in [3.8, 4) is 0 Å². The van der Waals surface area contributed by atoms with Crippen LogP contribution in [-0.2, 0) is 18.9 Å². The molecule has 6 heteroatoms. The highest BCUT2D eigenvalue weighted by atomic mass is 16.8. The molecule has 2 heterocycles. The van der Waals surface area contributed by atoms with Crippen LogP contribution in [0.1, 0.15) is 64.2 Å². The van der Waals surface area contributed by atoms with Crippen molar-refractivity contribution < 1.29 is 29.2 Å². The van der Waals surface area contributed by atoms with E-state index >= 15 is 0 Å². The van der Waals surface area contributed by atoms with E-state index in [-0.39, 0.29) is 0 Å². The molecule has 2 saturated carbocycles. The maximum Gasteiger partial charge on any atom is 0.169 e. The summed E-state index contributed by atoms with van der Waals surface area (Å²) < 4.78 is 23.8. The molecule has 24 heavy (non-hydrogen) atoms. The fourth-order valence-electron chi connectivity index (χ4n) is 4.64. The highest BCUT2D eigenvalue weighted by Gasteiger charge is 2.50. The summed E-state index contributed by atoms with van der Waals surface area (Å²) in [5, 5.41) is 21.2. The Kier molecular flexibility index (Phi) is 4.88. The molecule has 4 aliphatic rings. The Balaban J connectivity index is 1.34. The van der Waals surface area contributed by atoms with Crippen LogP contribution in [0.5, 0.6) is 0 Å². The quantitative estimate of drug-likeness (QED) is 0.815. The van der Waals surface area contributed by atoms with Gasteiger partial charge in [-0.25, -0.2) is 0 Å². The lowest BCUT2D eigenvalue weighted by Crippen LogP contribution is -2.48. The third-order valence-electron chi connectivity index (χ3n) is 6.10. The molecule has 2 aliphatic heterocycles. The van der Waals surface area contributed by atoms with Crippen molar-refractivity contribution in [3.63, 3.8) is 0 Å². The Bertz CT molecular complexity index is 389. The predicted molar refractivity (Wildman–Crippen MR) is 85.3 cm³/mol. The second-order valence-electron chi connectivity index (χ2n) is 7.86. The molecule has 2 spiro atoms. The number of hydrogen-bond donors (Lipinski definition) is 2. The molecule has 4 fully saturated rings. The number of rotatable bonds is 3. The van der Waals surface area contributed by atoms with Gasteiger partial charge in [0.15, 0.2) is 11.6 Å². The maximum atomic E-state index is 10.6. The first-order valence-electron chi connectivity index (χ1n) is 9.61. The Morgan fingerprint density at radius 3 is 1.38 bits per heavy atom. The zero-order valence-corrected chi connectivity index (χ0v) is 14.3. The summed E-state index contributed by atoms with van der Waals surface area (Å²) in [4.78, 5) is 0. The third-order valence-corrected chi connectivity index (χ3v) is 6.10. The van der Waals surface area contributed by atoms with Gasteiger partial charge in [-0.2, -0.15) is 0 Å². The summed E-state index contributed by atoms with van der Waals surface area (Å²) >= 11 is 0. The van der Waals surface area contributed by atoms with Crippen molar-refractivity contribution in [1.82, 2.24) is 0 Å². The van der Waals surface area contributed by atoms with Crippen LogP contribution in [0.15, 0.2) is 0 Å². The largest absolute Gasteiger partial charge is 0.387 e. The van der Waals surface area contributed by atoms with Gasteiger partial charge in [-0.3, -0.25) is 0 Å². The predicted octanol–water partition coefficient (Wildman–Crippen LogP) is 1.86. The van der Waals surface area contributed by atoms with Crippen LogP contribution in [0, 0.1) is 0 Å². The van der Waals surface area contributed by atoms with Crippen LogP contribution in [0.25, 0.3) is 0 Å². The molecule has 2 unspecified atom stereocenters. The van der Waals surface area contributed by atoms with Gasteiger partial charge in [0.05, 0.1) is 13.2 Å². The smallest absolute Gasteiger partial charge is 0.169 e. The van der Waals surface area contributed by atoms with Crippen LogP contribution < -0.4 is 0 Å². The molecule has 0 bridgehead atoms. The van der Waals surface area contributed by atoms with E-state index in [2.05, 4.69) is 0 Å². The molecule has 138 valence electrons. The van der Waals surface area contributed by atoms with E-state index in [9.17, 15) is 10.2 Å². The zero-order valence-electron chi connectivity index (χ0n) is 14.3. The van der Waals surface area contributed by atoms with E-state index in [0.717, 1.165) is 51.4 Å². The van der Waals surface area contributed by atoms with Gasteiger partial charge in [0.1, 0.15) is 24.4 Å². The number of aliphatic hydroxyl groups is 2. The highest BCUT2D eigenvalue weighted by Crippen LogP contribution is 2.41. The average Bonchev–Trinajstić information content (AvgIpc) is 3.20. The lowest BCUT2D eigenvalue weighted by molar-refractivity contribution is -0.217. The Morgan fingerprint density at radius 2 is 1.00 bits per heavy atom. The molecule has 0 amide bonds. The van der Waals surface area contributed by atoms with Crippen molar-refractivity contribution in [2.75, 3.05) is 13.2 Å². The monoisotopic (exact) mass is 342 g/mol. The van der Waals surface area contributed by atoms with E-state index in [1.807, 2.05) is 0 Å². The summed E-state index contributed by atoms with van der Waals surface area (Å²) in [6.07, 6.45) is 7.25. The first-order valence-corrected chi connectivity index (χ1v) is 9.61. The number of ether oxygens (including phenoxy) is 4. The molecule has 2 aliphatic carbocycles. The van der Waals surface area contributed by atoms with Crippen molar-refractivity contribution in [1.29, 1.82) is 0 Å². The molecular formula is C18H30O6. The average molecular weight is 342 g/mol. The third kappa shape index (κ3) is 3.24. The van der Waals surface area contributed by atoms with E-state index < -0.39 is 36.0 Å². The first-order chi connectivity index (χ1) is 11.6. The van der Waals surface area contributed by atoms with Gasteiger partial charge >= 0.3 is 0 Å². The summed E-state index contributed by atoms with van der Waals surface area (Å²) in [6, 6.07) is 0. The van der Waals surface area contributed by atoms with E-state index in [1.165, 1.54) is 12.8 Å². The van der Waals surface area contributed by atoms with Gasteiger partial charge in [0.2, 0.25) is 0 Å². The Morgan fingerprint density at radius 1 is 0.625 bits per heavy atom. The summed E-state index contributed by atoms with van der Waals surface area (Å²) in [5.74, 6) is -1.08. The van der Waals surface area contributed by atoms with Gasteiger partial charge in [0, 0.05) is 25.7 Å². The van der Waals surface area contributed by atoms with E-state index in [0.29, 0.717) is 13.2 Å². The normalized spacial score (nSPS) is 37.8. The topological polar surface area (TPSA) is 77.4 Å². The maximum absolute atomic E-state index is 10.6. The fourth-order valence-corrected chi connectivity index (χ4v) is 4.64. The molecular weight excluding hydrogens is 312 g/mol. The van der Waals surface area contributed by atoms with Crippen molar-refractivity contribution >= 4 is 0 Å². The minimum Gasteiger partial charge on any atom is -0.387 e. The van der Waals surface area contributed by atoms with Crippen LogP contribution in [-0.4, -0.2) is 59.4 Å². The van der Waals surface area contributed by atoms with E-state index in [4.69, 9.17) is 18.9 Å². The zero-order chi connectivity index (χ0) is 16.6. The van der Waals surface area contributed by atoms with Crippen LogP contribution in [0.4, 0.5) is 0 Å². The van der Waals surface area contributed by atoms with E-state index in [1.54, 1.807) is 0 Å². The molecule has 2 saturated heterocycles. The molecule has 0 aromatic rings. The van der Waals surface area contributed by atoms with Gasteiger partial charge in [-0.1, -0.05) is 12.8 Å². The minimum atomic E-state index is -1.02. The summed E-state index contributed by atoms with van der Waals surface area (Å²) in [6.45, 7) is 0.661. The second-order valence-corrected chi connectivity index (χ2v) is 7.86. The van der Waals surface area contributed by atoms with Gasteiger partial charge < -0.3 is 29.2 Å². The molecule has 2 N–H and O–H groups in total. The minimum absolute atomic E-state index is 0.330. The Labute approximate surface area is 143 Å². The van der Waals surface area contributed by atoms with Crippen molar-refractivity contribution in [3.05, 3.63) is 0 Å². The first kappa shape index (κ1) is 17.2. The second kappa shape index (κ2) is 6.82. The van der Waals surface area contributed by atoms with Crippen molar-refractivity contribution in [2.24, 2.45) is 0 Å².